The van der Waals surface area contributed by atoms with E-state index in [1.165, 1.54) is 11.1 Å². The second-order valence-electron chi connectivity index (χ2n) is 6.12. The van der Waals surface area contributed by atoms with Crippen molar-refractivity contribution in [3.63, 3.8) is 0 Å². The highest BCUT2D eigenvalue weighted by Crippen LogP contribution is 2.20. The van der Waals surface area contributed by atoms with E-state index in [-0.39, 0.29) is 5.91 Å². The molecule has 2 aromatic heterocycles. The summed E-state index contributed by atoms with van der Waals surface area (Å²) < 4.78 is 0. The van der Waals surface area contributed by atoms with Crippen LogP contribution in [0.4, 0.5) is 5.82 Å². The Labute approximate surface area is 137 Å². The van der Waals surface area contributed by atoms with Crippen LogP contribution < -0.4 is 4.90 Å². The Morgan fingerprint density at radius 1 is 1.04 bits per heavy atom. The van der Waals surface area contributed by atoms with Gasteiger partial charge in [-0.25, -0.2) is 4.98 Å². The van der Waals surface area contributed by atoms with Gasteiger partial charge in [0.05, 0.1) is 5.56 Å². The third-order valence-corrected chi connectivity index (χ3v) is 4.32. The molecule has 0 N–H and O–H groups in total. The summed E-state index contributed by atoms with van der Waals surface area (Å²) in [5, 5.41) is 0. The maximum Gasteiger partial charge on any atom is 0.255 e. The zero-order valence-electron chi connectivity index (χ0n) is 13.9. The van der Waals surface area contributed by atoms with E-state index in [2.05, 4.69) is 34.8 Å². The number of carbonyl (C=O) groups excluding carboxylic acids is 1. The molecule has 3 rings (SSSR count). The van der Waals surface area contributed by atoms with Crippen LogP contribution in [0.25, 0.3) is 0 Å². The molecule has 0 unspecified atom stereocenters. The van der Waals surface area contributed by atoms with Crippen molar-refractivity contribution in [3.8, 4) is 0 Å². The van der Waals surface area contributed by atoms with Gasteiger partial charge in [-0.3, -0.25) is 9.78 Å². The van der Waals surface area contributed by atoms with Gasteiger partial charge in [-0.2, -0.15) is 0 Å². The molecule has 0 bridgehead atoms. The molecule has 1 fully saturated rings. The Hall–Kier alpha value is -2.43. The number of anilines is 1. The smallest absolute Gasteiger partial charge is 0.255 e. The summed E-state index contributed by atoms with van der Waals surface area (Å²) in [7, 11) is 0. The molecule has 1 aliphatic heterocycles. The monoisotopic (exact) mass is 310 g/mol. The molecule has 5 nitrogen and oxygen atoms in total. The first-order valence-corrected chi connectivity index (χ1v) is 7.94. The predicted octanol–water partition coefficient (Wildman–Crippen LogP) is 2.36. The van der Waals surface area contributed by atoms with Gasteiger partial charge < -0.3 is 9.80 Å². The van der Waals surface area contributed by atoms with Crippen LogP contribution in [0, 0.1) is 20.8 Å². The van der Waals surface area contributed by atoms with Crippen LogP contribution in [0.1, 0.15) is 27.0 Å². The molecule has 0 spiro atoms. The van der Waals surface area contributed by atoms with Crippen LogP contribution in [0.5, 0.6) is 0 Å². The highest BCUT2D eigenvalue weighted by atomic mass is 16.2. The third-order valence-electron chi connectivity index (χ3n) is 4.32. The van der Waals surface area contributed by atoms with E-state index in [0.29, 0.717) is 18.7 Å². The van der Waals surface area contributed by atoms with E-state index < -0.39 is 0 Å². The van der Waals surface area contributed by atoms with Crippen molar-refractivity contribution in [3.05, 3.63) is 53.0 Å². The summed E-state index contributed by atoms with van der Waals surface area (Å²) in [5.74, 6) is 1.10. The lowest BCUT2D eigenvalue weighted by molar-refractivity contribution is 0.0745. The zero-order chi connectivity index (χ0) is 16.4. The minimum atomic E-state index is 0.0730. The van der Waals surface area contributed by atoms with Gasteiger partial charge in [0.2, 0.25) is 0 Å². The van der Waals surface area contributed by atoms with Crippen molar-refractivity contribution >= 4 is 11.7 Å². The minimum Gasteiger partial charge on any atom is -0.353 e. The van der Waals surface area contributed by atoms with Crippen LogP contribution in [0.3, 0.4) is 0 Å². The van der Waals surface area contributed by atoms with Gasteiger partial charge in [0, 0.05) is 44.8 Å². The summed E-state index contributed by atoms with van der Waals surface area (Å²) >= 11 is 0. The highest BCUT2D eigenvalue weighted by Gasteiger charge is 2.24. The molecule has 0 aromatic carbocycles. The van der Waals surface area contributed by atoms with Gasteiger partial charge in [0.1, 0.15) is 5.82 Å². The molecular weight excluding hydrogens is 288 g/mol. The molecule has 0 radical (unpaired) electrons. The van der Waals surface area contributed by atoms with E-state index >= 15 is 0 Å². The Balaban J connectivity index is 1.69. The molecule has 0 saturated carbocycles. The number of nitrogens with zero attached hydrogens (tertiary/aromatic N) is 4. The van der Waals surface area contributed by atoms with Crippen molar-refractivity contribution in [2.24, 2.45) is 0 Å². The summed E-state index contributed by atoms with van der Waals surface area (Å²) in [6, 6.07) is 4.03. The SMILES string of the molecule is Cc1cnc(N2CCN(C(=O)c3cnccc3C)CC2)c(C)c1. The van der Waals surface area contributed by atoms with Crippen LogP contribution in [-0.4, -0.2) is 47.0 Å². The Kier molecular flexibility index (Phi) is 4.28. The summed E-state index contributed by atoms with van der Waals surface area (Å²) in [5.41, 5.74) is 4.04. The van der Waals surface area contributed by atoms with Gasteiger partial charge in [0.15, 0.2) is 0 Å². The maximum atomic E-state index is 12.6. The number of carbonyl (C=O) groups is 1. The first-order valence-electron chi connectivity index (χ1n) is 7.94. The molecule has 3 heterocycles. The van der Waals surface area contributed by atoms with E-state index in [9.17, 15) is 4.79 Å². The predicted molar refractivity (Wildman–Crippen MR) is 90.8 cm³/mol. The fraction of sp³-hybridized carbons (Fsp3) is 0.389. The third kappa shape index (κ3) is 3.18. The van der Waals surface area contributed by atoms with Gasteiger partial charge in [0.25, 0.3) is 5.91 Å². The molecule has 5 heteroatoms. The quantitative estimate of drug-likeness (QED) is 0.854. The number of piperazine rings is 1. The lowest BCUT2D eigenvalue weighted by Gasteiger charge is -2.36. The molecule has 120 valence electrons. The molecule has 0 aliphatic carbocycles. The van der Waals surface area contributed by atoms with Crippen molar-refractivity contribution in [1.29, 1.82) is 0 Å². The number of amides is 1. The second kappa shape index (κ2) is 6.36. The van der Waals surface area contributed by atoms with Crippen molar-refractivity contribution < 1.29 is 4.79 Å². The average molecular weight is 310 g/mol. The van der Waals surface area contributed by atoms with Crippen LogP contribution in [0.15, 0.2) is 30.7 Å². The van der Waals surface area contributed by atoms with Crippen LogP contribution >= 0.6 is 0 Å². The van der Waals surface area contributed by atoms with E-state index in [1.54, 1.807) is 12.4 Å². The highest BCUT2D eigenvalue weighted by molar-refractivity contribution is 5.95. The summed E-state index contributed by atoms with van der Waals surface area (Å²) in [4.78, 5) is 25.4. The van der Waals surface area contributed by atoms with E-state index in [4.69, 9.17) is 0 Å². The number of aromatic nitrogens is 2. The molecule has 0 atom stereocenters. The maximum absolute atomic E-state index is 12.6. The Bertz CT molecular complexity index is 721. The number of aryl methyl sites for hydroxylation is 3. The average Bonchev–Trinajstić information content (AvgIpc) is 2.55. The topological polar surface area (TPSA) is 49.3 Å². The first kappa shape index (κ1) is 15.5. The largest absolute Gasteiger partial charge is 0.353 e. The molecule has 1 saturated heterocycles. The molecule has 2 aromatic rings. The van der Waals surface area contributed by atoms with Crippen LogP contribution in [0.2, 0.25) is 0 Å². The molecule has 1 aliphatic rings. The standard InChI is InChI=1S/C18H22N4O/c1-13-10-15(3)17(20-11-13)21-6-8-22(9-7-21)18(23)16-12-19-5-4-14(16)2/h4-5,10-12H,6-9H2,1-3H3. The van der Waals surface area contributed by atoms with Crippen molar-refractivity contribution in [1.82, 2.24) is 14.9 Å². The number of rotatable bonds is 2. The van der Waals surface area contributed by atoms with Crippen molar-refractivity contribution in [2.45, 2.75) is 20.8 Å². The van der Waals surface area contributed by atoms with Gasteiger partial charge in [-0.15, -0.1) is 0 Å². The Morgan fingerprint density at radius 3 is 2.43 bits per heavy atom. The number of pyridine rings is 2. The van der Waals surface area contributed by atoms with Crippen molar-refractivity contribution in [2.75, 3.05) is 31.1 Å². The first-order chi connectivity index (χ1) is 11.1. The minimum absolute atomic E-state index is 0.0730. The molecule has 1 amide bonds. The summed E-state index contributed by atoms with van der Waals surface area (Å²) in [6.45, 7) is 9.13. The lowest BCUT2D eigenvalue weighted by atomic mass is 10.1. The Morgan fingerprint density at radius 2 is 1.78 bits per heavy atom. The lowest BCUT2D eigenvalue weighted by Crippen LogP contribution is -2.49. The second-order valence-corrected chi connectivity index (χ2v) is 6.12. The van der Waals surface area contributed by atoms with Gasteiger partial charge in [-0.1, -0.05) is 6.07 Å². The summed E-state index contributed by atoms with van der Waals surface area (Å²) in [6.07, 6.45) is 5.28. The molecular formula is C18H22N4O. The molecule has 23 heavy (non-hydrogen) atoms. The fourth-order valence-electron chi connectivity index (χ4n) is 3.02. The number of hydrogen-bond donors (Lipinski definition) is 0. The normalized spacial score (nSPS) is 14.9. The fourth-order valence-corrected chi connectivity index (χ4v) is 3.02. The zero-order valence-corrected chi connectivity index (χ0v) is 13.9. The van der Waals surface area contributed by atoms with E-state index in [1.807, 2.05) is 24.1 Å². The number of hydrogen-bond acceptors (Lipinski definition) is 4. The van der Waals surface area contributed by atoms with Gasteiger partial charge in [-0.05, 0) is 43.5 Å². The van der Waals surface area contributed by atoms with Gasteiger partial charge >= 0.3 is 0 Å². The van der Waals surface area contributed by atoms with E-state index in [0.717, 1.165) is 24.5 Å². The van der Waals surface area contributed by atoms with Crippen LogP contribution in [-0.2, 0) is 0 Å².